The Labute approximate surface area is 158 Å². The van der Waals surface area contributed by atoms with E-state index in [4.69, 9.17) is 0 Å². The van der Waals surface area contributed by atoms with Crippen molar-refractivity contribution in [1.29, 1.82) is 0 Å². The fourth-order valence-electron chi connectivity index (χ4n) is 3.82. The molecule has 1 atom stereocenters. The molecule has 1 saturated heterocycles. The zero-order chi connectivity index (χ0) is 18.8. The average molecular weight is 364 g/mol. The second kappa shape index (κ2) is 7.34. The van der Waals surface area contributed by atoms with Crippen LogP contribution < -0.4 is 10.2 Å². The van der Waals surface area contributed by atoms with E-state index >= 15 is 0 Å². The normalized spacial score (nSPS) is 17.3. The van der Waals surface area contributed by atoms with Gasteiger partial charge < -0.3 is 10.2 Å². The van der Waals surface area contributed by atoms with Gasteiger partial charge in [0.25, 0.3) is 0 Å². The molecule has 0 bridgehead atoms. The summed E-state index contributed by atoms with van der Waals surface area (Å²) >= 11 is 0. The lowest BCUT2D eigenvalue weighted by Crippen LogP contribution is -2.43. The number of carbonyl (C=O) groups is 1. The monoisotopic (exact) mass is 364 g/mol. The Bertz CT molecular complexity index is 952. The number of pyridine rings is 2. The van der Waals surface area contributed by atoms with Crippen molar-refractivity contribution in [2.75, 3.05) is 18.0 Å². The molecule has 4 heterocycles. The molecular weight excluding hydrogens is 340 g/mol. The number of aromatic nitrogens is 4. The number of aryl methyl sites for hydroxylation is 2. The van der Waals surface area contributed by atoms with Crippen molar-refractivity contribution in [2.45, 2.75) is 26.3 Å². The second-order valence-corrected chi connectivity index (χ2v) is 7.06. The van der Waals surface area contributed by atoms with Crippen LogP contribution in [0, 0.1) is 12.8 Å². The fraction of sp³-hybridized carbons (Fsp3) is 0.400. The van der Waals surface area contributed by atoms with Gasteiger partial charge in [-0.1, -0.05) is 6.07 Å². The van der Waals surface area contributed by atoms with Gasteiger partial charge in [0, 0.05) is 37.9 Å². The number of fused-ring (bicyclic) bond motifs is 1. The standard InChI is InChI=1S/C20H24N6O/c1-14-17-8-10-22-19(18(17)25(2)24-14)26-11-5-6-15(13-26)20(27)23-12-16-7-3-4-9-21-16/h3-4,7-10,15H,5-6,11-13H2,1-2H3,(H,23,27). The Kier molecular flexibility index (Phi) is 4.75. The molecule has 1 aliphatic heterocycles. The number of nitrogens with one attached hydrogen (secondary N) is 1. The van der Waals surface area contributed by atoms with Gasteiger partial charge in [-0.2, -0.15) is 5.10 Å². The van der Waals surface area contributed by atoms with E-state index < -0.39 is 0 Å². The van der Waals surface area contributed by atoms with Gasteiger partial charge in [-0.05, 0) is 38.0 Å². The van der Waals surface area contributed by atoms with Crippen molar-refractivity contribution < 1.29 is 4.79 Å². The maximum Gasteiger partial charge on any atom is 0.225 e. The third-order valence-corrected chi connectivity index (χ3v) is 5.18. The molecular formula is C20H24N6O. The van der Waals surface area contributed by atoms with Crippen LogP contribution in [0.3, 0.4) is 0 Å². The van der Waals surface area contributed by atoms with Crippen LogP contribution in [0.15, 0.2) is 36.7 Å². The smallest absolute Gasteiger partial charge is 0.225 e. The minimum Gasteiger partial charge on any atom is -0.354 e. The van der Waals surface area contributed by atoms with E-state index in [1.807, 2.05) is 49.1 Å². The molecule has 7 nitrogen and oxygen atoms in total. The van der Waals surface area contributed by atoms with Crippen LogP contribution in [0.1, 0.15) is 24.2 Å². The second-order valence-electron chi connectivity index (χ2n) is 7.06. The van der Waals surface area contributed by atoms with E-state index in [9.17, 15) is 4.79 Å². The van der Waals surface area contributed by atoms with Crippen LogP contribution >= 0.6 is 0 Å². The lowest BCUT2D eigenvalue weighted by molar-refractivity contribution is -0.125. The highest BCUT2D eigenvalue weighted by Crippen LogP contribution is 2.29. The lowest BCUT2D eigenvalue weighted by atomic mass is 9.97. The molecule has 0 saturated carbocycles. The van der Waals surface area contributed by atoms with Crippen LogP contribution in [0.4, 0.5) is 5.82 Å². The minimum absolute atomic E-state index is 0.0474. The predicted molar refractivity (Wildman–Crippen MR) is 104 cm³/mol. The molecule has 4 rings (SSSR count). The minimum atomic E-state index is -0.0474. The van der Waals surface area contributed by atoms with E-state index in [1.54, 1.807) is 6.20 Å². The molecule has 1 fully saturated rings. The summed E-state index contributed by atoms with van der Waals surface area (Å²) in [7, 11) is 1.95. The fourth-order valence-corrected chi connectivity index (χ4v) is 3.82. The first-order valence-corrected chi connectivity index (χ1v) is 9.34. The van der Waals surface area contributed by atoms with Crippen molar-refractivity contribution in [3.05, 3.63) is 48.0 Å². The maximum absolute atomic E-state index is 12.7. The van der Waals surface area contributed by atoms with Gasteiger partial charge in [0.2, 0.25) is 5.91 Å². The van der Waals surface area contributed by atoms with Gasteiger partial charge in [0.1, 0.15) is 5.52 Å². The summed E-state index contributed by atoms with van der Waals surface area (Å²) in [6.45, 7) is 4.05. The van der Waals surface area contributed by atoms with Crippen molar-refractivity contribution in [3.8, 4) is 0 Å². The summed E-state index contributed by atoms with van der Waals surface area (Å²) in [6.07, 6.45) is 5.44. The van der Waals surface area contributed by atoms with Crippen LogP contribution in [0.25, 0.3) is 10.9 Å². The van der Waals surface area contributed by atoms with Gasteiger partial charge in [0.15, 0.2) is 5.82 Å². The van der Waals surface area contributed by atoms with E-state index in [-0.39, 0.29) is 11.8 Å². The number of anilines is 1. The van der Waals surface area contributed by atoms with Gasteiger partial charge in [-0.3, -0.25) is 14.5 Å². The van der Waals surface area contributed by atoms with Crippen molar-refractivity contribution >= 4 is 22.6 Å². The summed E-state index contributed by atoms with van der Waals surface area (Å²) in [5.74, 6) is 0.949. The first kappa shape index (κ1) is 17.5. The van der Waals surface area contributed by atoms with Crippen LogP contribution in [-0.2, 0) is 18.4 Å². The lowest BCUT2D eigenvalue weighted by Gasteiger charge is -2.33. The van der Waals surface area contributed by atoms with Crippen molar-refractivity contribution in [3.63, 3.8) is 0 Å². The largest absolute Gasteiger partial charge is 0.354 e. The van der Waals surface area contributed by atoms with Crippen molar-refractivity contribution in [2.24, 2.45) is 13.0 Å². The Hall–Kier alpha value is -2.96. The number of piperidine rings is 1. The predicted octanol–water partition coefficient (Wildman–Crippen LogP) is 2.20. The first-order chi connectivity index (χ1) is 13.1. The van der Waals surface area contributed by atoms with E-state index in [1.165, 1.54) is 0 Å². The van der Waals surface area contributed by atoms with Gasteiger partial charge >= 0.3 is 0 Å². The molecule has 27 heavy (non-hydrogen) atoms. The Morgan fingerprint density at radius 1 is 1.26 bits per heavy atom. The van der Waals surface area contributed by atoms with Crippen molar-refractivity contribution in [1.82, 2.24) is 25.1 Å². The molecule has 0 spiro atoms. The molecule has 0 radical (unpaired) electrons. The quantitative estimate of drug-likeness (QED) is 0.768. The molecule has 0 aromatic carbocycles. The number of nitrogens with zero attached hydrogens (tertiary/aromatic N) is 5. The third kappa shape index (κ3) is 3.49. The zero-order valence-electron chi connectivity index (χ0n) is 15.7. The molecule has 1 amide bonds. The Balaban J connectivity index is 1.49. The maximum atomic E-state index is 12.7. The van der Waals surface area contributed by atoms with Gasteiger partial charge in [-0.15, -0.1) is 0 Å². The summed E-state index contributed by atoms with van der Waals surface area (Å²) < 4.78 is 1.89. The number of hydrogen-bond acceptors (Lipinski definition) is 5. The topological polar surface area (TPSA) is 75.9 Å². The molecule has 140 valence electrons. The Morgan fingerprint density at radius 2 is 2.15 bits per heavy atom. The van der Waals surface area contributed by atoms with Gasteiger partial charge in [0.05, 0.1) is 23.9 Å². The molecule has 7 heteroatoms. The molecule has 1 unspecified atom stereocenters. The zero-order valence-corrected chi connectivity index (χ0v) is 15.7. The van der Waals surface area contributed by atoms with E-state index in [0.717, 1.165) is 47.5 Å². The molecule has 3 aromatic heterocycles. The first-order valence-electron chi connectivity index (χ1n) is 9.34. The highest BCUT2D eigenvalue weighted by atomic mass is 16.1. The molecule has 1 N–H and O–H groups in total. The molecule has 0 aliphatic carbocycles. The number of carbonyl (C=O) groups excluding carboxylic acids is 1. The number of amides is 1. The highest BCUT2D eigenvalue weighted by Gasteiger charge is 2.28. The summed E-state index contributed by atoms with van der Waals surface area (Å²) in [5, 5.41) is 8.67. The molecule has 1 aliphatic rings. The van der Waals surface area contributed by atoms with E-state index in [2.05, 4.69) is 25.3 Å². The summed E-state index contributed by atoms with van der Waals surface area (Å²) in [4.78, 5) is 23.8. The van der Waals surface area contributed by atoms with E-state index in [0.29, 0.717) is 13.1 Å². The Morgan fingerprint density at radius 3 is 2.96 bits per heavy atom. The van der Waals surface area contributed by atoms with Gasteiger partial charge in [-0.25, -0.2) is 4.98 Å². The highest BCUT2D eigenvalue weighted by molar-refractivity contribution is 5.91. The number of hydrogen-bond donors (Lipinski definition) is 1. The third-order valence-electron chi connectivity index (χ3n) is 5.18. The summed E-state index contributed by atoms with van der Waals surface area (Å²) in [6, 6.07) is 7.72. The van der Waals surface area contributed by atoms with Crippen LogP contribution in [0.5, 0.6) is 0 Å². The SMILES string of the molecule is Cc1nn(C)c2c(N3CCCC(C(=O)NCc4ccccn4)C3)nccc12. The van der Waals surface area contributed by atoms with Crippen LogP contribution in [-0.4, -0.2) is 38.7 Å². The number of rotatable bonds is 4. The average Bonchev–Trinajstić information content (AvgIpc) is 3.01. The molecule has 3 aromatic rings. The van der Waals surface area contributed by atoms with Crippen LogP contribution in [0.2, 0.25) is 0 Å². The summed E-state index contributed by atoms with van der Waals surface area (Å²) in [5.41, 5.74) is 2.90.